The maximum Gasteiger partial charge on any atom is 0.274 e. The Balaban J connectivity index is 2.12. The van der Waals surface area contributed by atoms with Crippen molar-refractivity contribution >= 4 is 34.6 Å². The Morgan fingerprint density at radius 1 is 1.24 bits per heavy atom. The molecule has 0 saturated heterocycles. The third kappa shape index (κ3) is 4.51. The summed E-state index contributed by atoms with van der Waals surface area (Å²) in [5.74, 6) is 0.0291. The van der Waals surface area contributed by atoms with Crippen LogP contribution >= 0.6 is 12.2 Å². The molecule has 0 aliphatic carbocycles. The van der Waals surface area contributed by atoms with Gasteiger partial charge in [-0.1, -0.05) is 18.2 Å². The summed E-state index contributed by atoms with van der Waals surface area (Å²) in [6, 6.07) is 11.4. The van der Waals surface area contributed by atoms with Crippen LogP contribution in [0.5, 0.6) is 5.75 Å². The molecular weight excluding hydrogens is 342 g/mol. The van der Waals surface area contributed by atoms with Gasteiger partial charge in [0.1, 0.15) is 5.75 Å². The monoisotopic (exact) mass is 359 g/mol. The number of amides is 1. The van der Waals surface area contributed by atoms with E-state index in [0.717, 1.165) is 0 Å². The van der Waals surface area contributed by atoms with Crippen molar-refractivity contribution in [3.8, 4) is 5.75 Å². The molecule has 25 heavy (non-hydrogen) atoms. The third-order valence-corrected chi connectivity index (χ3v) is 3.61. The molecule has 130 valence electrons. The van der Waals surface area contributed by atoms with E-state index < -0.39 is 10.8 Å². The fraction of sp³-hybridized carbons (Fsp3) is 0.176. The summed E-state index contributed by atoms with van der Waals surface area (Å²) in [6.07, 6.45) is 0. The third-order valence-electron chi connectivity index (χ3n) is 3.41. The molecule has 2 aromatic carbocycles. The van der Waals surface area contributed by atoms with E-state index in [-0.39, 0.29) is 10.8 Å². The van der Waals surface area contributed by atoms with E-state index in [1.54, 1.807) is 43.3 Å². The van der Waals surface area contributed by atoms with E-state index >= 15 is 0 Å². The van der Waals surface area contributed by atoms with Gasteiger partial charge in [0.05, 0.1) is 28.3 Å². The molecule has 2 aromatic rings. The second kappa shape index (κ2) is 8.20. The molecule has 0 saturated carbocycles. The van der Waals surface area contributed by atoms with Crippen LogP contribution in [0.15, 0.2) is 42.5 Å². The van der Waals surface area contributed by atoms with E-state index in [1.807, 2.05) is 6.92 Å². The molecule has 0 radical (unpaired) electrons. The minimum Gasteiger partial charge on any atom is -0.493 e. The van der Waals surface area contributed by atoms with Crippen LogP contribution in [-0.4, -0.2) is 22.5 Å². The number of ether oxygens (including phenoxy) is 1. The Morgan fingerprint density at radius 3 is 2.64 bits per heavy atom. The van der Waals surface area contributed by atoms with Crippen LogP contribution in [0.3, 0.4) is 0 Å². The molecule has 0 aliphatic heterocycles. The zero-order valence-electron chi connectivity index (χ0n) is 13.7. The highest BCUT2D eigenvalue weighted by atomic mass is 32.1. The second-order valence-corrected chi connectivity index (χ2v) is 5.45. The van der Waals surface area contributed by atoms with Crippen LogP contribution < -0.4 is 15.4 Å². The van der Waals surface area contributed by atoms with E-state index in [0.29, 0.717) is 29.2 Å². The van der Waals surface area contributed by atoms with Crippen molar-refractivity contribution in [1.29, 1.82) is 0 Å². The second-order valence-electron chi connectivity index (χ2n) is 5.04. The van der Waals surface area contributed by atoms with E-state index in [9.17, 15) is 14.9 Å². The minimum absolute atomic E-state index is 0.0270. The summed E-state index contributed by atoms with van der Waals surface area (Å²) >= 11 is 5.14. The number of nitro groups is 1. The average Bonchev–Trinajstić information content (AvgIpc) is 2.57. The molecule has 0 heterocycles. The van der Waals surface area contributed by atoms with Gasteiger partial charge in [0, 0.05) is 6.07 Å². The first-order valence-electron chi connectivity index (χ1n) is 7.52. The van der Waals surface area contributed by atoms with Gasteiger partial charge in [-0.3, -0.25) is 20.2 Å². The van der Waals surface area contributed by atoms with Crippen LogP contribution in [0.1, 0.15) is 22.8 Å². The maximum absolute atomic E-state index is 12.4. The molecule has 8 heteroatoms. The van der Waals surface area contributed by atoms with Crippen molar-refractivity contribution in [1.82, 2.24) is 5.32 Å². The normalized spacial score (nSPS) is 10.0. The van der Waals surface area contributed by atoms with Crippen LogP contribution in [-0.2, 0) is 0 Å². The van der Waals surface area contributed by atoms with Crippen molar-refractivity contribution in [3.05, 3.63) is 63.7 Å². The lowest BCUT2D eigenvalue weighted by Gasteiger charge is -2.13. The Labute approximate surface area is 150 Å². The first kappa shape index (κ1) is 18.3. The average molecular weight is 359 g/mol. The molecular formula is C17H17N3O4S. The predicted octanol–water partition coefficient (Wildman–Crippen LogP) is 3.43. The summed E-state index contributed by atoms with van der Waals surface area (Å²) < 4.78 is 5.42. The van der Waals surface area contributed by atoms with Crippen LogP contribution in [0, 0.1) is 17.0 Å². The lowest BCUT2D eigenvalue weighted by atomic mass is 10.1. The summed E-state index contributed by atoms with van der Waals surface area (Å²) in [5.41, 5.74) is 1.21. The smallest absolute Gasteiger partial charge is 0.274 e. The molecule has 0 fully saturated rings. The Hall–Kier alpha value is -3.00. The summed E-state index contributed by atoms with van der Waals surface area (Å²) in [4.78, 5) is 22.9. The highest BCUT2D eigenvalue weighted by molar-refractivity contribution is 7.80. The van der Waals surface area contributed by atoms with Crippen molar-refractivity contribution in [2.45, 2.75) is 13.8 Å². The van der Waals surface area contributed by atoms with Gasteiger partial charge in [-0.2, -0.15) is 0 Å². The van der Waals surface area contributed by atoms with Crippen LogP contribution in [0.2, 0.25) is 0 Å². The van der Waals surface area contributed by atoms with Gasteiger partial charge < -0.3 is 10.1 Å². The SMILES string of the molecule is CCOc1ccccc1C(=O)NC(=S)Nc1cccc([N+](=O)[O-])c1C. The maximum atomic E-state index is 12.4. The minimum atomic E-state index is -0.472. The number of thiocarbonyl (C=S) groups is 1. The van der Waals surface area contributed by atoms with E-state index in [1.165, 1.54) is 6.07 Å². The number of hydrogen-bond donors (Lipinski definition) is 2. The van der Waals surface area contributed by atoms with Crippen molar-refractivity contribution in [2.24, 2.45) is 0 Å². The van der Waals surface area contributed by atoms with Crippen molar-refractivity contribution < 1.29 is 14.5 Å². The lowest BCUT2D eigenvalue weighted by Crippen LogP contribution is -2.34. The number of carbonyl (C=O) groups excluding carboxylic acids is 1. The highest BCUT2D eigenvalue weighted by Crippen LogP contribution is 2.25. The molecule has 0 atom stereocenters. The van der Waals surface area contributed by atoms with E-state index in [4.69, 9.17) is 17.0 Å². The quantitative estimate of drug-likeness (QED) is 0.483. The number of nitro benzene ring substituents is 1. The topological polar surface area (TPSA) is 93.5 Å². The van der Waals surface area contributed by atoms with Gasteiger partial charge in [-0.25, -0.2) is 0 Å². The molecule has 0 spiro atoms. The standard InChI is InChI=1S/C17H17N3O4S/c1-3-24-15-10-5-4-7-12(15)16(21)19-17(25)18-13-8-6-9-14(11(13)2)20(22)23/h4-10H,3H2,1-2H3,(H2,18,19,21,25). The first-order valence-corrected chi connectivity index (χ1v) is 7.93. The Morgan fingerprint density at radius 2 is 1.96 bits per heavy atom. The summed E-state index contributed by atoms with van der Waals surface area (Å²) in [6.45, 7) is 3.86. The number of nitrogens with zero attached hydrogens (tertiary/aromatic N) is 1. The molecule has 0 unspecified atom stereocenters. The largest absolute Gasteiger partial charge is 0.493 e. The van der Waals surface area contributed by atoms with Gasteiger partial charge >= 0.3 is 0 Å². The van der Waals surface area contributed by atoms with Gasteiger partial charge in [0.25, 0.3) is 11.6 Å². The number of anilines is 1. The summed E-state index contributed by atoms with van der Waals surface area (Å²) in [5, 5.41) is 16.4. The lowest BCUT2D eigenvalue weighted by molar-refractivity contribution is -0.385. The first-order chi connectivity index (χ1) is 11.9. The van der Waals surface area contributed by atoms with E-state index in [2.05, 4.69) is 10.6 Å². The number of benzene rings is 2. The zero-order chi connectivity index (χ0) is 18.4. The fourth-order valence-corrected chi connectivity index (χ4v) is 2.42. The van der Waals surface area contributed by atoms with Gasteiger partial charge in [0.15, 0.2) is 5.11 Å². The zero-order valence-corrected chi connectivity index (χ0v) is 14.6. The van der Waals surface area contributed by atoms with Crippen molar-refractivity contribution in [2.75, 3.05) is 11.9 Å². The van der Waals surface area contributed by atoms with Crippen LogP contribution in [0.25, 0.3) is 0 Å². The number of hydrogen-bond acceptors (Lipinski definition) is 5. The number of para-hydroxylation sites is 1. The predicted molar refractivity (Wildman–Crippen MR) is 99.1 cm³/mol. The number of nitrogens with one attached hydrogen (secondary N) is 2. The molecule has 0 aliphatic rings. The highest BCUT2D eigenvalue weighted by Gasteiger charge is 2.16. The number of carbonyl (C=O) groups is 1. The fourth-order valence-electron chi connectivity index (χ4n) is 2.22. The Bertz CT molecular complexity index is 823. The summed E-state index contributed by atoms with van der Waals surface area (Å²) in [7, 11) is 0. The molecule has 0 aromatic heterocycles. The van der Waals surface area contributed by atoms with Gasteiger partial charge in [-0.15, -0.1) is 0 Å². The van der Waals surface area contributed by atoms with Crippen LogP contribution in [0.4, 0.5) is 11.4 Å². The molecule has 1 amide bonds. The molecule has 2 rings (SSSR count). The Kier molecular flexibility index (Phi) is 6.02. The number of rotatable bonds is 5. The van der Waals surface area contributed by atoms with Gasteiger partial charge in [0.2, 0.25) is 0 Å². The molecule has 0 bridgehead atoms. The van der Waals surface area contributed by atoms with Gasteiger partial charge in [-0.05, 0) is 44.3 Å². The molecule has 7 nitrogen and oxygen atoms in total. The van der Waals surface area contributed by atoms with Crippen molar-refractivity contribution in [3.63, 3.8) is 0 Å². The molecule has 2 N–H and O–H groups in total.